The van der Waals surface area contributed by atoms with Crippen LogP contribution < -0.4 is 14.8 Å². The minimum absolute atomic E-state index is 0. The normalized spacial score (nSPS) is 15.7. The van der Waals surface area contributed by atoms with Crippen molar-refractivity contribution in [1.29, 1.82) is 0 Å². The topological polar surface area (TPSA) is 97.1 Å². The number of benzene rings is 1. The fraction of sp³-hybridized carbons (Fsp3) is 0.381. The number of halogens is 1. The van der Waals surface area contributed by atoms with E-state index in [0.717, 1.165) is 30.9 Å². The first-order valence-electron chi connectivity index (χ1n) is 9.89. The van der Waals surface area contributed by atoms with E-state index in [0.29, 0.717) is 36.8 Å². The van der Waals surface area contributed by atoms with Crippen LogP contribution in [0.3, 0.4) is 0 Å². The average Bonchev–Trinajstić information content (AvgIpc) is 3.40. The fourth-order valence-electron chi connectivity index (χ4n) is 3.39. The second kappa shape index (κ2) is 10.3. The third kappa shape index (κ3) is 5.77. The molecule has 0 aliphatic carbocycles. The Labute approximate surface area is 186 Å². The van der Waals surface area contributed by atoms with Crippen molar-refractivity contribution in [3.63, 3.8) is 0 Å². The maximum atomic E-state index is 12.4. The average molecular weight is 449 g/mol. The molecular formula is C21H25ClN4O5. The molecule has 0 spiro atoms. The minimum Gasteiger partial charge on any atom is -0.454 e. The highest BCUT2D eigenvalue weighted by atomic mass is 35.5. The van der Waals surface area contributed by atoms with E-state index in [4.69, 9.17) is 14.0 Å². The van der Waals surface area contributed by atoms with Gasteiger partial charge in [-0.3, -0.25) is 14.5 Å². The van der Waals surface area contributed by atoms with Crippen molar-refractivity contribution in [3.05, 3.63) is 47.4 Å². The summed E-state index contributed by atoms with van der Waals surface area (Å²) in [6.07, 6.45) is 3.25. The zero-order chi connectivity index (χ0) is 20.9. The Morgan fingerprint density at radius 2 is 1.90 bits per heavy atom. The lowest BCUT2D eigenvalue weighted by Crippen LogP contribution is -2.50. The van der Waals surface area contributed by atoms with E-state index in [9.17, 15) is 9.59 Å². The third-order valence-corrected chi connectivity index (χ3v) is 5.06. The zero-order valence-electron chi connectivity index (χ0n) is 17.2. The highest BCUT2D eigenvalue weighted by Gasteiger charge is 2.24. The van der Waals surface area contributed by atoms with Crippen LogP contribution in [0, 0.1) is 6.92 Å². The lowest BCUT2D eigenvalue weighted by Gasteiger charge is -2.34. The molecule has 3 heterocycles. The summed E-state index contributed by atoms with van der Waals surface area (Å²) in [7, 11) is 0. The van der Waals surface area contributed by atoms with Crippen molar-refractivity contribution in [1.82, 2.24) is 20.3 Å². The molecule has 0 unspecified atom stereocenters. The molecule has 166 valence electrons. The highest BCUT2D eigenvalue weighted by molar-refractivity contribution is 5.92. The molecule has 0 radical (unpaired) electrons. The highest BCUT2D eigenvalue weighted by Crippen LogP contribution is 2.32. The number of aromatic nitrogens is 1. The summed E-state index contributed by atoms with van der Waals surface area (Å²) in [6, 6.07) is 7.20. The molecule has 0 atom stereocenters. The minimum atomic E-state index is -0.150. The summed E-state index contributed by atoms with van der Waals surface area (Å²) in [5.74, 6) is 1.78. The number of nitrogens with one attached hydrogen (secondary N) is 1. The number of carbonyl (C=O) groups is 2. The molecular weight excluding hydrogens is 424 g/mol. The van der Waals surface area contributed by atoms with Gasteiger partial charge in [0.25, 0.3) is 5.91 Å². The van der Waals surface area contributed by atoms with Gasteiger partial charge < -0.3 is 24.2 Å². The van der Waals surface area contributed by atoms with Crippen molar-refractivity contribution in [2.45, 2.75) is 6.92 Å². The number of hydrogen-bond donors (Lipinski definition) is 1. The van der Waals surface area contributed by atoms with Gasteiger partial charge >= 0.3 is 0 Å². The number of fused-ring (bicyclic) bond motifs is 1. The van der Waals surface area contributed by atoms with Crippen LogP contribution in [-0.2, 0) is 4.79 Å². The molecule has 1 aromatic carbocycles. The predicted molar refractivity (Wildman–Crippen MR) is 115 cm³/mol. The molecule has 10 heteroatoms. The molecule has 1 fully saturated rings. The maximum Gasteiger partial charge on any atom is 0.276 e. The van der Waals surface area contributed by atoms with Gasteiger partial charge in [-0.2, -0.15) is 0 Å². The molecule has 1 aromatic heterocycles. The second-order valence-electron chi connectivity index (χ2n) is 7.19. The van der Waals surface area contributed by atoms with Gasteiger partial charge in [0.05, 0.1) is 0 Å². The third-order valence-electron chi connectivity index (χ3n) is 5.06. The maximum absolute atomic E-state index is 12.4. The lowest BCUT2D eigenvalue weighted by molar-refractivity contribution is -0.116. The van der Waals surface area contributed by atoms with E-state index in [2.05, 4.69) is 15.4 Å². The quantitative estimate of drug-likeness (QED) is 0.672. The Morgan fingerprint density at radius 3 is 2.65 bits per heavy atom. The van der Waals surface area contributed by atoms with Gasteiger partial charge in [-0.05, 0) is 30.7 Å². The van der Waals surface area contributed by atoms with Crippen LogP contribution in [0.1, 0.15) is 21.8 Å². The van der Waals surface area contributed by atoms with E-state index >= 15 is 0 Å². The van der Waals surface area contributed by atoms with Gasteiger partial charge in [0.2, 0.25) is 12.7 Å². The Kier molecular flexibility index (Phi) is 7.54. The molecule has 31 heavy (non-hydrogen) atoms. The van der Waals surface area contributed by atoms with Crippen molar-refractivity contribution in [2.75, 3.05) is 46.1 Å². The van der Waals surface area contributed by atoms with Crippen molar-refractivity contribution >= 4 is 30.3 Å². The first-order chi connectivity index (χ1) is 14.6. The van der Waals surface area contributed by atoms with Crippen LogP contribution in [0.5, 0.6) is 11.5 Å². The molecule has 9 nitrogen and oxygen atoms in total. The SMILES string of the molecule is Cc1cc(C(=O)N2CCN(CCNC(=O)/C=C/c3ccc4c(c3)OCO4)CC2)no1.Cl. The predicted octanol–water partition coefficient (Wildman–Crippen LogP) is 1.72. The summed E-state index contributed by atoms with van der Waals surface area (Å²) in [5.41, 5.74) is 1.22. The number of rotatable bonds is 6. The Balaban J connectivity index is 0.00000272. The number of hydrogen-bond acceptors (Lipinski definition) is 7. The van der Waals surface area contributed by atoms with E-state index in [-0.39, 0.29) is 31.0 Å². The van der Waals surface area contributed by atoms with Crippen LogP contribution in [0.2, 0.25) is 0 Å². The van der Waals surface area contributed by atoms with Crippen LogP contribution in [-0.4, -0.2) is 72.8 Å². The van der Waals surface area contributed by atoms with E-state index in [1.54, 1.807) is 24.0 Å². The van der Waals surface area contributed by atoms with Crippen LogP contribution in [0.25, 0.3) is 6.08 Å². The second-order valence-corrected chi connectivity index (χ2v) is 7.19. The molecule has 2 amide bonds. The summed E-state index contributed by atoms with van der Waals surface area (Å²) in [5, 5.41) is 6.68. The smallest absolute Gasteiger partial charge is 0.276 e. The van der Waals surface area contributed by atoms with E-state index in [1.807, 2.05) is 18.2 Å². The summed E-state index contributed by atoms with van der Waals surface area (Å²) >= 11 is 0. The molecule has 4 rings (SSSR count). The Morgan fingerprint density at radius 1 is 1.13 bits per heavy atom. The summed E-state index contributed by atoms with van der Waals surface area (Å²) in [6.45, 7) is 6.03. The van der Waals surface area contributed by atoms with Crippen LogP contribution in [0.4, 0.5) is 0 Å². The van der Waals surface area contributed by atoms with Gasteiger partial charge in [0.15, 0.2) is 17.2 Å². The number of piperazine rings is 1. The van der Waals surface area contributed by atoms with Gasteiger partial charge in [0, 0.05) is 51.4 Å². The monoisotopic (exact) mass is 448 g/mol. The number of aryl methyl sites for hydroxylation is 1. The first kappa shape index (κ1) is 22.6. The molecule has 0 bridgehead atoms. The molecule has 2 aromatic rings. The van der Waals surface area contributed by atoms with Gasteiger partial charge in [0.1, 0.15) is 5.76 Å². The van der Waals surface area contributed by atoms with E-state index < -0.39 is 0 Å². The molecule has 1 saturated heterocycles. The first-order valence-corrected chi connectivity index (χ1v) is 9.89. The van der Waals surface area contributed by atoms with Gasteiger partial charge in [-0.15, -0.1) is 12.4 Å². The van der Waals surface area contributed by atoms with Crippen LogP contribution in [0.15, 0.2) is 34.9 Å². The fourth-order valence-corrected chi connectivity index (χ4v) is 3.39. The standard InChI is InChI=1S/C21H24N4O5.ClH/c1-15-12-17(23-30-15)21(27)25-10-8-24(9-11-25)7-6-22-20(26)5-3-16-2-4-18-19(13-16)29-14-28-18;/h2-5,12-13H,6-11,14H2,1H3,(H,22,26);1H/b5-3+;. The van der Waals surface area contributed by atoms with Gasteiger partial charge in [-0.1, -0.05) is 11.2 Å². The Hall–Kier alpha value is -3.04. The number of nitrogens with zero attached hydrogens (tertiary/aromatic N) is 3. The number of carbonyl (C=O) groups excluding carboxylic acids is 2. The van der Waals surface area contributed by atoms with E-state index in [1.165, 1.54) is 6.08 Å². The van der Waals surface area contributed by atoms with Crippen molar-refractivity contribution in [2.24, 2.45) is 0 Å². The Bertz CT molecular complexity index is 953. The van der Waals surface area contributed by atoms with Gasteiger partial charge in [-0.25, -0.2) is 0 Å². The zero-order valence-corrected chi connectivity index (χ0v) is 18.0. The molecule has 0 saturated carbocycles. The largest absolute Gasteiger partial charge is 0.454 e. The van der Waals surface area contributed by atoms with Crippen LogP contribution >= 0.6 is 12.4 Å². The number of ether oxygens (including phenoxy) is 2. The summed E-state index contributed by atoms with van der Waals surface area (Å²) < 4.78 is 15.6. The molecule has 1 N–H and O–H groups in total. The van der Waals surface area contributed by atoms with Crippen molar-refractivity contribution < 1.29 is 23.6 Å². The summed E-state index contributed by atoms with van der Waals surface area (Å²) in [4.78, 5) is 28.4. The van der Waals surface area contributed by atoms with Crippen molar-refractivity contribution in [3.8, 4) is 11.5 Å². The number of amides is 2. The molecule has 2 aliphatic rings. The lowest BCUT2D eigenvalue weighted by atomic mass is 10.2. The molecule has 2 aliphatic heterocycles.